The Morgan fingerprint density at radius 3 is 2.85 bits per heavy atom. The summed E-state index contributed by atoms with van der Waals surface area (Å²) in [5.74, 6) is 0.618. The van der Waals surface area contributed by atoms with E-state index in [-0.39, 0.29) is 0 Å². The van der Waals surface area contributed by atoms with Gasteiger partial charge in [0.2, 0.25) is 0 Å². The van der Waals surface area contributed by atoms with Crippen LogP contribution in [-0.2, 0) is 4.74 Å². The molecule has 1 heterocycles. The molecule has 2 nitrogen and oxygen atoms in total. The third-order valence-electron chi connectivity index (χ3n) is 2.93. The van der Waals surface area contributed by atoms with Crippen molar-refractivity contribution >= 4 is 0 Å². The van der Waals surface area contributed by atoms with Gasteiger partial charge in [-0.1, -0.05) is 19.1 Å². The Kier molecular flexibility index (Phi) is 3.94. The van der Waals surface area contributed by atoms with Gasteiger partial charge in [-0.05, 0) is 26.8 Å². The number of rotatable bonds is 4. The molecule has 0 aliphatic carbocycles. The van der Waals surface area contributed by atoms with Crippen LogP contribution in [0.5, 0.6) is 0 Å². The number of ether oxygens (including phenoxy) is 1. The summed E-state index contributed by atoms with van der Waals surface area (Å²) >= 11 is 0. The van der Waals surface area contributed by atoms with E-state index in [4.69, 9.17) is 4.74 Å². The second-order valence-corrected chi connectivity index (χ2v) is 3.88. The minimum absolute atomic E-state index is 0.424. The fourth-order valence-electron chi connectivity index (χ4n) is 2.29. The molecule has 1 rings (SSSR count). The van der Waals surface area contributed by atoms with Crippen molar-refractivity contribution in [1.82, 2.24) is 5.32 Å². The van der Waals surface area contributed by atoms with Crippen molar-refractivity contribution < 1.29 is 4.74 Å². The first kappa shape index (κ1) is 10.7. The summed E-state index contributed by atoms with van der Waals surface area (Å²) in [6.45, 7) is 9.21. The summed E-state index contributed by atoms with van der Waals surface area (Å²) in [6.07, 6.45) is 2.70. The molecule has 0 radical (unpaired) electrons. The Bertz CT molecular complexity index is 179. The van der Waals surface area contributed by atoms with E-state index in [0.717, 1.165) is 19.4 Å². The second kappa shape index (κ2) is 4.77. The first-order valence-corrected chi connectivity index (χ1v) is 5.15. The fourth-order valence-corrected chi connectivity index (χ4v) is 2.29. The van der Waals surface area contributed by atoms with Crippen molar-refractivity contribution in [3.63, 3.8) is 0 Å². The minimum Gasteiger partial charge on any atom is -0.378 e. The monoisotopic (exact) mass is 183 g/mol. The average molecular weight is 183 g/mol. The predicted molar refractivity (Wildman–Crippen MR) is 55.8 cm³/mol. The zero-order chi connectivity index (χ0) is 9.84. The molecule has 0 saturated carbocycles. The van der Waals surface area contributed by atoms with Crippen molar-refractivity contribution in [2.75, 3.05) is 13.7 Å². The van der Waals surface area contributed by atoms with E-state index >= 15 is 0 Å². The van der Waals surface area contributed by atoms with Crippen molar-refractivity contribution in [3.05, 3.63) is 12.2 Å². The highest BCUT2D eigenvalue weighted by molar-refractivity contribution is 5.06. The van der Waals surface area contributed by atoms with Crippen LogP contribution >= 0.6 is 0 Å². The van der Waals surface area contributed by atoms with Crippen LogP contribution < -0.4 is 5.32 Å². The predicted octanol–water partition coefficient (Wildman–Crippen LogP) is 1.97. The van der Waals surface area contributed by atoms with Crippen LogP contribution in [0.15, 0.2) is 12.2 Å². The topological polar surface area (TPSA) is 21.3 Å². The van der Waals surface area contributed by atoms with E-state index in [2.05, 4.69) is 25.7 Å². The Morgan fingerprint density at radius 2 is 2.38 bits per heavy atom. The van der Waals surface area contributed by atoms with E-state index in [1.54, 1.807) is 0 Å². The molecule has 0 bridgehead atoms. The molecule has 0 amide bonds. The molecular formula is C11H21NO. The molecule has 1 aliphatic heterocycles. The number of hydrogen-bond donors (Lipinski definition) is 1. The van der Waals surface area contributed by atoms with Crippen LogP contribution in [0.3, 0.4) is 0 Å². The van der Waals surface area contributed by atoms with Crippen molar-refractivity contribution in [3.8, 4) is 0 Å². The largest absolute Gasteiger partial charge is 0.378 e. The lowest BCUT2D eigenvalue weighted by atomic mass is 9.88. The van der Waals surface area contributed by atoms with Gasteiger partial charge in [0.25, 0.3) is 0 Å². The van der Waals surface area contributed by atoms with Gasteiger partial charge in [-0.25, -0.2) is 0 Å². The third kappa shape index (κ3) is 2.32. The first-order chi connectivity index (χ1) is 6.20. The van der Waals surface area contributed by atoms with Gasteiger partial charge >= 0.3 is 0 Å². The molecule has 13 heavy (non-hydrogen) atoms. The van der Waals surface area contributed by atoms with Gasteiger partial charge in [0.1, 0.15) is 0 Å². The molecule has 1 aliphatic rings. The lowest BCUT2D eigenvalue weighted by molar-refractivity contribution is 0.0816. The molecule has 0 aromatic heterocycles. The Balaban J connectivity index is 2.61. The maximum atomic E-state index is 5.67. The maximum Gasteiger partial charge on any atom is 0.0619 e. The summed E-state index contributed by atoms with van der Waals surface area (Å²) in [6, 6.07) is 0.424. The molecular weight excluding hydrogens is 162 g/mol. The zero-order valence-corrected chi connectivity index (χ0v) is 8.97. The summed E-state index contributed by atoms with van der Waals surface area (Å²) < 4.78 is 5.67. The molecule has 1 saturated heterocycles. The normalized spacial score (nSPS) is 30.4. The smallest absolute Gasteiger partial charge is 0.0619 e. The van der Waals surface area contributed by atoms with E-state index in [0.29, 0.717) is 18.1 Å². The highest BCUT2D eigenvalue weighted by atomic mass is 16.5. The van der Waals surface area contributed by atoms with Crippen LogP contribution in [0.1, 0.15) is 26.7 Å². The van der Waals surface area contributed by atoms with Gasteiger partial charge < -0.3 is 10.1 Å². The van der Waals surface area contributed by atoms with Gasteiger partial charge in [0.05, 0.1) is 6.10 Å². The van der Waals surface area contributed by atoms with E-state index in [9.17, 15) is 0 Å². The first-order valence-electron chi connectivity index (χ1n) is 5.15. The molecule has 3 unspecified atom stereocenters. The Morgan fingerprint density at radius 1 is 1.69 bits per heavy atom. The van der Waals surface area contributed by atoms with Gasteiger partial charge in [-0.3, -0.25) is 0 Å². The van der Waals surface area contributed by atoms with Crippen LogP contribution in [0.4, 0.5) is 0 Å². The molecule has 0 spiro atoms. The highest BCUT2D eigenvalue weighted by Gasteiger charge is 2.32. The van der Waals surface area contributed by atoms with Gasteiger partial charge in [-0.15, -0.1) is 0 Å². The number of hydrogen-bond acceptors (Lipinski definition) is 2. The summed E-state index contributed by atoms with van der Waals surface area (Å²) in [5, 5.41) is 3.33. The quantitative estimate of drug-likeness (QED) is 0.673. The van der Waals surface area contributed by atoms with E-state index < -0.39 is 0 Å². The Hall–Kier alpha value is -0.340. The van der Waals surface area contributed by atoms with Gasteiger partial charge in [0.15, 0.2) is 0 Å². The van der Waals surface area contributed by atoms with Crippen molar-refractivity contribution in [2.24, 2.45) is 5.92 Å². The zero-order valence-electron chi connectivity index (χ0n) is 8.97. The minimum atomic E-state index is 0.424. The maximum absolute atomic E-state index is 5.67. The van der Waals surface area contributed by atoms with Crippen LogP contribution in [0, 0.1) is 5.92 Å². The molecule has 3 atom stereocenters. The summed E-state index contributed by atoms with van der Waals surface area (Å²) in [4.78, 5) is 0. The Labute approximate surface area is 81.4 Å². The van der Waals surface area contributed by atoms with Gasteiger partial charge in [-0.2, -0.15) is 0 Å². The molecule has 0 aromatic carbocycles. The summed E-state index contributed by atoms with van der Waals surface area (Å²) in [7, 11) is 2.00. The standard InChI is InChI=1S/C11H21NO/c1-5-10-9(6-7-13-10)11(12-4)8(2)3/h9-12H,2,5-7H2,1,3-4H3. The molecule has 76 valence electrons. The molecule has 1 fully saturated rings. The van der Waals surface area contributed by atoms with Crippen molar-refractivity contribution in [2.45, 2.75) is 38.8 Å². The summed E-state index contributed by atoms with van der Waals surface area (Å²) in [5.41, 5.74) is 1.22. The number of nitrogens with one attached hydrogen (secondary N) is 1. The van der Waals surface area contributed by atoms with E-state index in [1.165, 1.54) is 5.57 Å². The third-order valence-corrected chi connectivity index (χ3v) is 2.93. The van der Waals surface area contributed by atoms with Crippen LogP contribution in [-0.4, -0.2) is 25.8 Å². The second-order valence-electron chi connectivity index (χ2n) is 3.88. The van der Waals surface area contributed by atoms with E-state index in [1.807, 2.05) is 7.05 Å². The average Bonchev–Trinajstić information content (AvgIpc) is 2.53. The van der Waals surface area contributed by atoms with Crippen LogP contribution in [0.2, 0.25) is 0 Å². The number of likely N-dealkylation sites (N-methyl/N-ethyl adjacent to an activating group) is 1. The highest BCUT2D eigenvalue weighted by Crippen LogP contribution is 2.28. The SMILES string of the molecule is C=C(C)C(NC)C1CCOC1CC. The molecule has 2 heteroatoms. The molecule has 0 aromatic rings. The van der Waals surface area contributed by atoms with Crippen LogP contribution in [0.25, 0.3) is 0 Å². The molecule has 1 N–H and O–H groups in total. The van der Waals surface area contributed by atoms with Crippen molar-refractivity contribution in [1.29, 1.82) is 0 Å². The fraction of sp³-hybridized carbons (Fsp3) is 0.818. The lowest BCUT2D eigenvalue weighted by Gasteiger charge is -2.27. The lowest BCUT2D eigenvalue weighted by Crippen LogP contribution is -2.38. The van der Waals surface area contributed by atoms with Gasteiger partial charge in [0, 0.05) is 18.6 Å².